The van der Waals surface area contributed by atoms with Crippen LogP contribution < -0.4 is 0 Å². The highest BCUT2D eigenvalue weighted by Crippen LogP contribution is 2.19. The van der Waals surface area contributed by atoms with Crippen LogP contribution in [0.2, 0.25) is 0 Å². The number of aryl methyl sites for hydroxylation is 1. The van der Waals surface area contributed by atoms with Gasteiger partial charge in [0, 0.05) is 19.7 Å². The molecule has 0 aliphatic rings. The molecule has 0 unspecified atom stereocenters. The highest BCUT2D eigenvalue weighted by atomic mass is 32.2. The molecule has 0 bridgehead atoms. The number of halogens is 1. The summed E-state index contributed by atoms with van der Waals surface area (Å²) in [6.45, 7) is 1.05. The number of nitrogens with zero attached hydrogens (tertiary/aromatic N) is 1. The maximum absolute atomic E-state index is 13.1. The molecule has 2 aromatic rings. The molecule has 0 radical (unpaired) electrons. The van der Waals surface area contributed by atoms with Crippen molar-refractivity contribution in [1.82, 2.24) is 4.31 Å². The first-order valence-corrected chi connectivity index (χ1v) is 9.06. The van der Waals surface area contributed by atoms with Crippen LogP contribution in [0.4, 0.5) is 4.39 Å². The molecular weight excluding hydrogens is 361 g/mol. The number of hydrogen-bond acceptors (Lipinski definition) is 5. The normalized spacial score (nSPS) is 11.4. The van der Waals surface area contributed by atoms with E-state index in [0.29, 0.717) is 5.56 Å². The van der Waals surface area contributed by atoms with Gasteiger partial charge in [-0.05, 0) is 36.8 Å². The zero-order valence-corrected chi connectivity index (χ0v) is 15.3. The van der Waals surface area contributed by atoms with Crippen molar-refractivity contribution >= 4 is 21.8 Å². The summed E-state index contributed by atoms with van der Waals surface area (Å²) < 4.78 is 43.5. The van der Waals surface area contributed by atoms with Crippen molar-refractivity contribution in [3.63, 3.8) is 0 Å². The number of carbonyl (C=O) groups is 2. The third kappa shape index (κ3) is 4.33. The van der Waals surface area contributed by atoms with E-state index in [1.807, 2.05) is 0 Å². The Morgan fingerprint density at radius 3 is 2.42 bits per heavy atom. The number of benzene rings is 2. The third-order valence-electron chi connectivity index (χ3n) is 3.69. The van der Waals surface area contributed by atoms with Crippen LogP contribution in [0.5, 0.6) is 0 Å². The lowest BCUT2D eigenvalue weighted by Gasteiger charge is -2.13. The summed E-state index contributed by atoms with van der Waals surface area (Å²) in [6, 6.07) is 9.12. The highest BCUT2D eigenvalue weighted by molar-refractivity contribution is 7.89. The fourth-order valence-electron chi connectivity index (χ4n) is 2.15. The summed E-state index contributed by atoms with van der Waals surface area (Å²) in [5, 5.41) is 0. The van der Waals surface area contributed by atoms with E-state index in [0.717, 1.165) is 10.4 Å². The van der Waals surface area contributed by atoms with Crippen molar-refractivity contribution in [3.05, 3.63) is 65.0 Å². The van der Waals surface area contributed by atoms with Crippen molar-refractivity contribution in [2.45, 2.75) is 11.8 Å². The first-order valence-electron chi connectivity index (χ1n) is 7.62. The summed E-state index contributed by atoms with van der Waals surface area (Å²) >= 11 is 0. The topological polar surface area (TPSA) is 80.8 Å². The molecule has 2 aromatic carbocycles. The summed E-state index contributed by atoms with van der Waals surface area (Å²) in [7, 11) is -0.952. The number of hydrogen-bond donors (Lipinski definition) is 0. The summed E-state index contributed by atoms with van der Waals surface area (Å²) in [5.74, 6) is -1.96. The first-order chi connectivity index (χ1) is 12.1. The number of esters is 1. The zero-order valence-electron chi connectivity index (χ0n) is 14.5. The van der Waals surface area contributed by atoms with E-state index in [1.165, 1.54) is 50.5 Å². The molecule has 0 fully saturated rings. The smallest absolute Gasteiger partial charge is 0.338 e. The van der Waals surface area contributed by atoms with Gasteiger partial charge in [-0.2, -0.15) is 0 Å². The molecule has 0 heterocycles. The molecule has 0 saturated carbocycles. The number of ketones is 1. The maximum Gasteiger partial charge on any atom is 0.338 e. The van der Waals surface area contributed by atoms with Crippen LogP contribution in [-0.4, -0.2) is 45.2 Å². The fraction of sp³-hybridized carbons (Fsp3) is 0.222. The average molecular weight is 379 g/mol. The molecule has 8 heteroatoms. The van der Waals surface area contributed by atoms with Crippen LogP contribution in [0.25, 0.3) is 0 Å². The SMILES string of the molecule is Cc1ccc(S(=O)(=O)N(C)C)cc1C(=O)OCC(=O)c1cccc(F)c1. The highest BCUT2D eigenvalue weighted by Gasteiger charge is 2.21. The van der Waals surface area contributed by atoms with Crippen molar-refractivity contribution in [3.8, 4) is 0 Å². The molecule has 0 amide bonds. The van der Waals surface area contributed by atoms with Crippen molar-refractivity contribution in [1.29, 1.82) is 0 Å². The number of carbonyl (C=O) groups excluding carboxylic acids is 2. The molecule has 0 saturated heterocycles. The maximum atomic E-state index is 13.1. The van der Waals surface area contributed by atoms with Gasteiger partial charge >= 0.3 is 5.97 Å². The Bertz CT molecular complexity index is 954. The van der Waals surface area contributed by atoms with E-state index in [-0.39, 0.29) is 16.0 Å². The fourth-order valence-corrected chi connectivity index (χ4v) is 3.07. The Balaban J connectivity index is 2.18. The van der Waals surface area contributed by atoms with Crippen LogP contribution in [-0.2, 0) is 14.8 Å². The molecule has 138 valence electrons. The molecule has 6 nitrogen and oxygen atoms in total. The molecular formula is C18H18FNO5S. The van der Waals surface area contributed by atoms with Gasteiger partial charge in [-0.25, -0.2) is 21.9 Å². The van der Waals surface area contributed by atoms with Crippen LogP contribution in [0.1, 0.15) is 26.3 Å². The first kappa shape index (κ1) is 19.7. The van der Waals surface area contributed by atoms with E-state index < -0.39 is 34.2 Å². The van der Waals surface area contributed by atoms with Gasteiger partial charge in [-0.15, -0.1) is 0 Å². The Kier molecular flexibility index (Phi) is 5.89. The largest absolute Gasteiger partial charge is 0.454 e. The van der Waals surface area contributed by atoms with Gasteiger partial charge in [0.25, 0.3) is 0 Å². The Hall–Kier alpha value is -2.58. The quantitative estimate of drug-likeness (QED) is 0.569. The van der Waals surface area contributed by atoms with Gasteiger partial charge < -0.3 is 4.74 Å². The molecule has 0 spiro atoms. The average Bonchev–Trinajstić information content (AvgIpc) is 2.59. The zero-order chi connectivity index (χ0) is 19.5. The predicted molar refractivity (Wildman–Crippen MR) is 93.1 cm³/mol. The molecule has 0 aliphatic carbocycles. The van der Waals surface area contributed by atoms with Crippen molar-refractivity contribution < 1.29 is 27.1 Å². The summed E-state index contributed by atoms with van der Waals surface area (Å²) in [5.41, 5.74) is 0.629. The minimum atomic E-state index is -3.71. The molecule has 26 heavy (non-hydrogen) atoms. The van der Waals surface area contributed by atoms with E-state index in [2.05, 4.69) is 0 Å². The summed E-state index contributed by atoms with van der Waals surface area (Å²) in [6.07, 6.45) is 0. The minimum absolute atomic E-state index is 0.0416. The second-order valence-electron chi connectivity index (χ2n) is 5.77. The molecule has 0 N–H and O–H groups in total. The Morgan fingerprint density at radius 2 is 1.81 bits per heavy atom. The van der Waals surface area contributed by atoms with Crippen LogP contribution >= 0.6 is 0 Å². The second kappa shape index (κ2) is 7.76. The monoisotopic (exact) mass is 379 g/mol. The standard InChI is InChI=1S/C18H18FNO5S/c1-12-7-8-15(26(23,24)20(2)3)10-16(12)18(22)25-11-17(21)13-5-4-6-14(19)9-13/h4-10H,11H2,1-3H3. The molecule has 2 rings (SSSR count). The number of rotatable bonds is 6. The van der Waals surface area contributed by atoms with E-state index in [9.17, 15) is 22.4 Å². The van der Waals surface area contributed by atoms with Gasteiger partial charge in [0.2, 0.25) is 10.0 Å². The van der Waals surface area contributed by atoms with E-state index in [1.54, 1.807) is 6.92 Å². The van der Waals surface area contributed by atoms with Crippen LogP contribution in [0.15, 0.2) is 47.4 Å². The van der Waals surface area contributed by atoms with Crippen molar-refractivity contribution in [2.75, 3.05) is 20.7 Å². The number of Topliss-reactive ketones (excluding diaryl/α,β-unsaturated/α-hetero) is 1. The lowest BCUT2D eigenvalue weighted by Crippen LogP contribution is -2.23. The summed E-state index contributed by atoms with van der Waals surface area (Å²) in [4.78, 5) is 24.2. The van der Waals surface area contributed by atoms with Gasteiger partial charge in [0.05, 0.1) is 10.5 Å². The van der Waals surface area contributed by atoms with Gasteiger partial charge in [0.1, 0.15) is 5.82 Å². The van der Waals surface area contributed by atoms with Gasteiger partial charge in [0.15, 0.2) is 12.4 Å². The molecule has 0 aliphatic heterocycles. The lowest BCUT2D eigenvalue weighted by atomic mass is 10.1. The van der Waals surface area contributed by atoms with Crippen LogP contribution in [0, 0.1) is 12.7 Å². The molecule has 0 atom stereocenters. The number of ether oxygens (including phenoxy) is 1. The Morgan fingerprint density at radius 1 is 1.12 bits per heavy atom. The molecule has 0 aromatic heterocycles. The van der Waals surface area contributed by atoms with E-state index >= 15 is 0 Å². The minimum Gasteiger partial charge on any atom is -0.454 e. The van der Waals surface area contributed by atoms with Gasteiger partial charge in [-0.3, -0.25) is 4.79 Å². The Labute approximate surface area is 151 Å². The number of sulfonamides is 1. The van der Waals surface area contributed by atoms with Crippen LogP contribution in [0.3, 0.4) is 0 Å². The predicted octanol–water partition coefficient (Wildman–Crippen LogP) is 2.42. The van der Waals surface area contributed by atoms with Gasteiger partial charge in [-0.1, -0.05) is 18.2 Å². The second-order valence-corrected chi connectivity index (χ2v) is 7.93. The lowest BCUT2D eigenvalue weighted by molar-refractivity contribution is 0.0473. The van der Waals surface area contributed by atoms with E-state index in [4.69, 9.17) is 4.74 Å². The third-order valence-corrected chi connectivity index (χ3v) is 5.50. The van der Waals surface area contributed by atoms with Crippen molar-refractivity contribution in [2.24, 2.45) is 0 Å².